The second-order valence-electron chi connectivity index (χ2n) is 5.15. The molecule has 0 aliphatic rings. The number of nitrogens with zero attached hydrogens (tertiary/aromatic N) is 1. The zero-order chi connectivity index (χ0) is 17.8. The summed E-state index contributed by atoms with van der Waals surface area (Å²) in [5.74, 6) is -0.991. The van der Waals surface area contributed by atoms with Gasteiger partial charge in [0.05, 0.1) is 22.7 Å². The highest BCUT2D eigenvalue weighted by Crippen LogP contribution is 2.26. The van der Waals surface area contributed by atoms with Crippen LogP contribution in [0.5, 0.6) is 5.75 Å². The van der Waals surface area contributed by atoms with Gasteiger partial charge in [0.2, 0.25) is 0 Å². The Kier molecular flexibility index (Phi) is 5.23. The smallest absolute Gasteiger partial charge is 0.311 e. The van der Waals surface area contributed by atoms with Crippen LogP contribution in [0.3, 0.4) is 0 Å². The summed E-state index contributed by atoms with van der Waals surface area (Å²) in [7, 11) is 0. The van der Waals surface area contributed by atoms with E-state index < -0.39 is 17.6 Å². The number of benzene rings is 2. The fraction of sp³-hybridized carbons (Fsp3) is 0.111. The zero-order valence-electron chi connectivity index (χ0n) is 12.8. The van der Waals surface area contributed by atoms with E-state index in [1.165, 1.54) is 12.3 Å². The highest BCUT2D eigenvalue weighted by molar-refractivity contribution is 9.10. The maximum absolute atomic E-state index is 13.7. The number of hydrogen-bond acceptors (Lipinski definition) is 4. The van der Waals surface area contributed by atoms with Gasteiger partial charge in [-0.3, -0.25) is 4.79 Å². The van der Waals surface area contributed by atoms with Crippen LogP contribution in [-0.4, -0.2) is 11.0 Å². The molecule has 25 heavy (non-hydrogen) atoms. The van der Waals surface area contributed by atoms with Gasteiger partial charge in [0.1, 0.15) is 17.4 Å². The molecule has 0 unspecified atom stereocenters. The van der Waals surface area contributed by atoms with Gasteiger partial charge in [-0.1, -0.05) is 12.1 Å². The molecule has 0 fully saturated rings. The number of carbonyl (C=O) groups is 1. The van der Waals surface area contributed by atoms with Gasteiger partial charge >= 0.3 is 5.97 Å². The standard InChI is InChI=1S/C18H12BrF2NO3/c19-13-3-1-2-4-15(13)25-18(23)8-7-17-22-10-16(24-17)12-6-5-11(20)9-14(12)21/h1-6,9-10H,7-8H2. The Morgan fingerprint density at radius 1 is 1.20 bits per heavy atom. The van der Waals surface area contributed by atoms with Crippen LogP contribution in [0.15, 0.2) is 57.6 Å². The summed E-state index contributed by atoms with van der Waals surface area (Å²) in [5.41, 5.74) is 0.107. The summed E-state index contributed by atoms with van der Waals surface area (Å²) in [6.07, 6.45) is 1.59. The normalized spacial score (nSPS) is 10.7. The fourth-order valence-electron chi connectivity index (χ4n) is 2.15. The third kappa shape index (κ3) is 4.30. The predicted octanol–water partition coefficient (Wildman–Crippen LogP) is 4.92. The van der Waals surface area contributed by atoms with Crippen molar-refractivity contribution in [1.29, 1.82) is 0 Å². The van der Waals surface area contributed by atoms with Gasteiger partial charge in [-0.2, -0.15) is 0 Å². The molecule has 3 rings (SSSR count). The van der Waals surface area contributed by atoms with Crippen molar-refractivity contribution in [3.8, 4) is 17.1 Å². The number of rotatable bonds is 5. The molecule has 0 spiro atoms. The molecule has 0 atom stereocenters. The summed E-state index contributed by atoms with van der Waals surface area (Å²) in [6, 6.07) is 10.2. The van der Waals surface area contributed by atoms with E-state index in [-0.39, 0.29) is 30.1 Å². The first-order valence-corrected chi connectivity index (χ1v) is 8.17. The Morgan fingerprint density at radius 3 is 2.76 bits per heavy atom. The van der Waals surface area contributed by atoms with Crippen molar-refractivity contribution in [2.75, 3.05) is 0 Å². The SMILES string of the molecule is O=C(CCc1ncc(-c2ccc(F)cc2F)o1)Oc1ccccc1Br. The minimum Gasteiger partial charge on any atom is -0.441 e. The Balaban J connectivity index is 1.62. The van der Waals surface area contributed by atoms with E-state index in [2.05, 4.69) is 20.9 Å². The number of ether oxygens (including phenoxy) is 1. The molecule has 4 nitrogen and oxygen atoms in total. The Hall–Kier alpha value is -2.54. The van der Waals surface area contributed by atoms with Gasteiger partial charge in [-0.05, 0) is 40.2 Å². The van der Waals surface area contributed by atoms with Gasteiger partial charge in [-0.25, -0.2) is 13.8 Å². The number of halogens is 3. The lowest BCUT2D eigenvalue weighted by Gasteiger charge is -2.05. The van der Waals surface area contributed by atoms with E-state index in [1.807, 2.05) is 6.07 Å². The summed E-state index contributed by atoms with van der Waals surface area (Å²) in [4.78, 5) is 15.9. The van der Waals surface area contributed by atoms with Crippen molar-refractivity contribution in [2.45, 2.75) is 12.8 Å². The van der Waals surface area contributed by atoms with E-state index in [1.54, 1.807) is 18.2 Å². The van der Waals surface area contributed by atoms with Crippen LogP contribution in [-0.2, 0) is 11.2 Å². The number of oxazole rings is 1. The van der Waals surface area contributed by atoms with Crippen molar-refractivity contribution in [1.82, 2.24) is 4.98 Å². The molecule has 2 aromatic carbocycles. The molecule has 0 bridgehead atoms. The highest BCUT2D eigenvalue weighted by atomic mass is 79.9. The quantitative estimate of drug-likeness (QED) is 0.444. The van der Waals surface area contributed by atoms with Crippen molar-refractivity contribution in [3.63, 3.8) is 0 Å². The van der Waals surface area contributed by atoms with E-state index in [4.69, 9.17) is 9.15 Å². The van der Waals surface area contributed by atoms with Crippen molar-refractivity contribution >= 4 is 21.9 Å². The van der Waals surface area contributed by atoms with E-state index >= 15 is 0 Å². The van der Waals surface area contributed by atoms with Crippen LogP contribution < -0.4 is 4.74 Å². The minimum atomic E-state index is -0.740. The lowest BCUT2D eigenvalue weighted by Crippen LogP contribution is -2.09. The zero-order valence-corrected chi connectivity index (χ0v) is 14.4. The lowest BCUT2D eigenvalue weighted by molar-refractivity contribution is -0.134. The monoisotopic (exact) mass is 407 g/mol. The molecule has 128 valence electrons. The predicted molar refractivity (Wildman–Crippen MR) is 90.0 cm³/mol. The number of aromatic nitrogens is 1. The average molecular weight is 408 g/mol. The highest BCUT2D eigenvalue weighted by Gasteiger charge is 2.14. The number of aryl methyl sites for hydroxylation is 1. The molecule has 0 aliphatic heterocycles. The molecule has 0 saturated carbocycles. The molecule has 0 saturated heterocycles. The summed E-state index contributed by atoms with van der Waals surface area (Å²) in [6.45, 7) is 0. The molecule has 0 amide bonds. The molecule has 0 N–H and O–H groups in total. The molecule has 1 aromatic heterocycles. The van der Waals surface area contributed by atoms with Crippen molar-refractivity contribution in [2.24, 2.45) is 0 Å². The van der Waals surface area contributed by atoms with Gasteiger partial charge in [0, 0.05) is 12.5 Å². The summed E-state index contributed by atoms with van der Waals surface area (Å²) in [5, 5.41) is 0. The molecular formula is C18H12BrF2NO3. The maximum atomic E-state index is 13.7. The Morgan fingerprint density at radius 2 is 2.00 bits per heavy atom. The topological polar surface area (TPSA) is 52.3 Å². The largest absolute Gasteiger partial charge is 0.441 e. The molecule has 0 aliphatic carbocycles. The van der Waals surface area contributed by atoms with Gasteiger partial charge in [0.15, 0.2) is 11.7 Å². The van der Waals surface area contributed by atoms with Gasteiger partial charge < -0.3 is 9.15 Å². The number of hydrogen-bond donors (Lipinski definition) is 0. The molecule has 0 radical (unpaired) electrons. The van der Waals surface area contributed by atoms with Crippen molar-refractivity contribution < 1.29 is 22.7 Å². The Bertz CT molecular complexity index is 911. The first-order chi connectivity index (χ1) is 12.0. The van der Waals surface area contributed by atoms with Crippen LogP contribution in [0.4, 0.5) is 8.78 Å². The first kappa shape index (κ1) is 17.3. The van der Waals surface area contributed by atoms with E-state index in [0.717, 1.165) is 12.1 Å². The van der Waals surface area contributed by atoms with Crippen LogP contribution in [0.1, 0.15) is 12.3 Å². The summed E-state index contributed by atoms with van der Waals surface area (Å²) < 4.78 is 38.0. The van der Waals surface area contributed by atoms with Crippen LogP contribution in [0.25, 0.3) is 11.3 Å². The average Bonchev–Trinajstić information content (AvgIpc) is 3.04. The molecule has 3 aromatic rings. The second kappa shape index (κ2) is 7.57. The van der Waals surface area contributed by atoms with E-state index in [9.17, 15) is 13.6 Å². The van der Waals surface area contributed by atoms with E-state index in [0.29, 0.717) is 10.2 Å². The van der Waals surface area contributed by atoms with Crippen LogP contribution >= 0.6 is 15.9 Å². The fourth-order valence-corrected chi connectivity index (χ4v) is 2.52. The summed E-state index contributed by atoms with van der Waals surface area (Å²) >= 11 is 3.29. The second-order valence-corrected chi connectivity index (χ2v) is 6.00. The number of esters is 1. The molecular weight excluding hydrogens is 396 g/mol. The number of para-hydroxylation sites is 1. The third-order valence-electron chi connectivity index (χ3n) is 3.35. The van der Waals surface area contributed by atoms with Crippen LogP contribution in [0.2, 0.25) is 0 Å². The lowest BCUT2D eigenvalue weighted by atomic mass is 10.2. The Labute approximate surface area is 150 Å². The minimum absolute atomic E-state index is 0.0488. The van der Waals surface area contributed by atoms with Crippen LogP contribution in [0, 0.1) is 11.6 Å². The van der Waals surface area contributed by atoms with Gasteiger partial charge in [0.25, 0.3) is 0 Å². The maximum Gasteiger partial charge on any atom is 0.311 e. The van der Waals surface area contributed by atoms with Gasteiger partial charge in [-0.15, -0.1) is 0 Å². The molecule has 7 heteroatoms. The number of carbonyl (C=O) groups excluding carboxylic acids is 1. The van der Waals surface area contributed by atoms with Crippen molar-refractivity contribution in [3.05, 3.63) is 70.7 Å². The molecule has 1 heterocycles. The first-order valence-electron chi connectivity index (χ1n) is 7.38. The third-order valence-corrected chi connectivity index (χ3v) is 4.01.